The molecule has 1 unspecified atom stereocenters. The first kappa shape index (κ1) is 28.5. The lowest BCUT2D eigenvalue weighted by Crippen LogP contribution is -2.43. The van der Waals surface area contributed by atoms with Gasteiger partial charge in [0.2, 0.25) is 0 Å². The fourth-order valence-electron chi connectivity index (χ4n) is 4.17. The topological polar surface area (TPSA) is 66.2 Å². The summed E-state index contributed by atoms with van der Waals surface area (Å²) in [5, 5.41) is -0.0223. The molecule has 3 heterocycles. The van der Waals surface area contributed by atoms with E-state index in [2.05, 4.69) is 43.8 Å². The van der Waals surface area contributed by atoms with Crippen LogP contribution in [0.2, 0.25) is 23.2 Å². The first-order chi connectivity index (χ1) is 17.9. The van der Waals surface area contributed by atoms with Gasteiger partial charge in [-0.25, -0.2) is 18.7 Å². The summed E-state index contributed by atoms with van der Waals surface area (Å²) in [5.74, 6) is -0.598. The molecule has 0 amide bonds. The van der Waals surface area contributed by atoms with Crippen LogP contribution in [0.3, 0.4) is 0 Å². The number of benzene rings is 1. The lowest BCUT2D eigenvalue weighted by Gasteiger charge is -2.37. The van der Waals surface area contributed by atoms with E-state index in [1.807, 2.05) is 0 Å². The molecule has 1 aliphatic heterocycles. The normalized spacial score (nSPS) is 19.4. The first-order valence-corrected chi connectivity index (χ1v) is 16.0. The van der Waals surface area contributed by atoms with E-state index in [1.54, 1.807) is 30.6 Å². The van der Waals surface area contributed by atoms with Gasteiger partial charge in [0.15, 0.2) is 8.32 Å². The lowest BCUT2D eigenvalue weighted by atomic mass is 9.97. The minimum Gasteiger partial charge on any atom is -0.414 e. The predicted octanol–water partition coefficient (Wildman–Crippen LogP) is 6.55. The molecule has 4 rings (SSSR count). The summed E-state index contributed by atoms with van der Waals surface area (Å²) < 4.78 is 42.0. The number of alkyl halides is 1. The number of rotatable bonds is 7. The molecule has 2 aromatic heterocycles. The highest BCUT2D eigenvalue weighted by Gasteiger charge is 2.38. The van der Waals surface area contributed by atoms with Crippen molar-refractivity contribution in [2.24, 2.45) is 0 Å². The molecule has 6 nitrogen and oxygen atoms in total. The zero-order valence-corrected chi connectivity index (χ0v) is 24.1. The molecule has 38 heavy (non-hydrogen) atoms. The van der Waals surface area contributed by atoms with Crippen molar-refractivity contribution in [1.82, 2.24) is 14.5 Å². The van der Waals surface area contributed by atoms with Gasteiger partial charge in [-0.3, -0.25) is 4.79 Å². The van der Waals surface area contributed by atoms with Gasteiger partial charge in [0.05, 0.1) is 35.9 Å². The van der Waals surface area contributed by atoms with Crippen molar-refractivity contribution in [2.45, 2.75) is 63.5 Å². The number of aromatic nitrogens is 3. The number of nitrogens with zero attached hydrogens (tertiary/aromatic N) is 3. The molecule has 3 aromatic rings. The van der Waals surface area contributed by atoms with Gasteiger partial charge in [-0.2, -0.15) is 0 Å². The summed E-state index contributed by atoms with van der Waals surface area (Å²) in [6.07, 6.45) is 2.57. The van der Waals surface area contributed by atoms with Crippen LogP contribution in [0.5, 0.6) is 0 Å². The second-order valence-corrected chi connectivity index (χ2v) is 16.4. The van der Waals surface area contributed by atoms with E-state index in [4.69, 9.17) is 20.8 Å². The molecule has 0 N–H and O–H groups in total. The van der Waals surface area contributed by atoms with E-state index in [-0.39, 0.29) is 28.8 Å². The molecular weight excluding hydrogens is 528 g/mol. The Morgan fingerprint density at radius 3 is 2.66 bits per heavy atom. The molecule has 1 saturated heterocycles. The van der Waals surface area contributed by atoms with Crippen LogP contribution < -0.4 is 5.56 Å². The number of ether oxygens (including phenoxy) is 1. The van der Waals surface area contributed by atoms with Crippen LogP contribution in [0.25, 0.3) is 11.3 Å². The largest absolute Gasteiger partial charge is 0.414 e. The van der Waals surface area contributed by atoms with Crippen LogP contribution in [0.1, 0.15) is 50.5 Å². The van der Waals surface area contributed by atoms with Crippen LogP contribution in [0.15, 0.2) is 53.6 Å². The van der Waals surface area contributed by atoms with Crippen molar-refractivity contribution in [1.29, 1.82) is 0 Å². The maximum absolute atomic E-state index is 14.4. The maximum Gasteiger partial charge on any atom is 0.251 e. The molecular formula is C28H34ClF2N3O3Si. The fourth-order valence-corrected chi connectivity index (χ4v) is 5.30. The van der Waals surface area contributed by atoms with Gasteiger partial charge in [0.25, 0.3) is 5.56 Å². The lowest BCUT2D eigenvalue weighted by molar-refractivity contribution is 0.0198. The van der Waals surface area contributed by atoms with E-state index in [0.717, 1.165) is 0 Å². The van der Waals surface area contributed by atoms with Crippen molar-refractivity contribution in [3.8, 4) is 11.3 Å². The Kier molecular flexibility index (Phi) is 8.51. The molecule has 0 aliphatic carbocycles. The molecule has 0 radical (unpaired) electrons. The minimum absolute atomic E-state index is 0.0140. The van der Waals surface area contributed by atoms with Gasteiger partial charge < -0.3 is 13.7 Å². The molecule has 1 aliphatic rings. The van der Waals surface area contributed by atoms with Crippen molar-refractivity contribution >= 4 is 19.9 Å². The van der Waals surface area contributed by atoms with E-state index >= 15 is 0 Å². The Morgan fingerprint density at radius 2 is 2.00 bits per heavy atom. The Balaban J connectivity index is 1.68. The third kappa shape index (κ3) is 6.22. The van der Waals surface area contributed by atoms with E-state index in [0.29, 0.717) is 35.7 Å². The van der Waals surface area contributed by atoms with Crippen molar-refractivity contribution in [2.75, 3.05) is 19.8 Å². The standard InChI is InChI=1S/C28H34ClF2N3O3Si/c1-28(2,3)38(4,5)37-17-25(19-6-7-21(29)22(30)14-19)34-12-9-18(15-26(34)35)24-8-11-32-27(33-24)20-10-13-36-16-23(20)31/h6-9,11-12,14-15,20,23,25H,10,13,16-17H2,1-5H3/t20-,23+,25?/m0/s1. The van der Waals surface area contributed by atoms with Crippen LogP contribution in [0.4, 0.5) is 8.78 Å². The summed E-state index contributed by atoms with van der Waals surface area (Å²) in [5.41, 5.74) is 1.41. The second-order valence-electron chi connectivity index (χ2n) is 11.2. The van der Waals surface area contributed by atoms with E-state index in [9.17, 15) is 13.6 Å². The maximum atomic E-state index is 14.4. The molecule has 1 aromatic carbocycles. The average Bonchev–Trinajstić information content (AvgIpc) is 2.86. The van der Waals surface area contributed by atoms with Crippen molar-refractivity contribution < 1.29 is 17.9 Å². The predicted molar refractivity (Wildman–Crippen MR) is 147 cm³/mol. The zero-order chi connectivity index (χ0) is 27.7. The Bertz CT molecular complexity index is 1350. The molecule has 1 fully saturated rings. The highest BCUT2D eigenvalue weighted by atomic mass is 35.5. The van der Waals surface area contributed by atoms with Crippen LogP contribution >= 0.6 is 11.6 Å². The zero-order valence-electron chi connectivity index (χ0n) is 22.4. The van der Waals surface area contributed by atoms with E-state index < -0.39 is 32.3 Å². The molecule has 0 saturated carbocycles. The number of hydrogen-bond acceptors (Lipinski definition) is 5. The van der Waals surface area contributed by atoms with Gasteiger partial charge in [0, 0.05) is 30.6 Å². The Hall–Kier alpha value is -2.46. The monoisotopic (exact) mass is 561 g/mol. The average molecular weight is 562 g/mol. The number of halogens is 3. The van der Waals surface area contributed by atoms with Crippen LogP contribution in [-0.4, -0.2) is 48.8 Å². The smallest absolute Gasteiger partial charge is 0.251 e. The molecule has 0 spiro atoms. The SMILES string of the molecule is CC(C)(C)[Si](C)(C)OCC(c1ccc(Cl)c(F)c1)n1ccc(-c2ccnc([C@H]3CCOC[C@H]3F)n2)cc1=O. The van der Waals surface area contributed by atoms with Gasteiger partial charge in [-0.1, -0.05) is 38.4 Å². The molecule has 3 atom stereocenters. The number of hydrogen-bond donors (Lipinski definition) is 0. The molecule has 204 valence electrons. The van der Waals surface area contributed by atoms with Crippen LogP contribution in [0, 0.1) is 5.82 Å². The highest BCUT2D eigenvalue weighted by molar-refractivity contribution is 6.74. The summed E-state index contributed by atoms with van der Waals surface area (Å²) in [7, 11) is -2.16. The summed E-state index contributed by atoms with van der Waals surface area (Å²) in [4.78, 5) is 22.3. The summed E-state index contributed by atoms with van der Waals surface area (Å²) >= 11 is 5.93. The number of pyridine rings is 1. The Morgan fingerprint density at radius 1 is 1.24 bits per heavy atom. The van der Waals surface area contributed by atoms with Gasteiger partial charge >= 0.3 is 0 Å². The minimum atomic E-state index is -2.16. The fraction of sp³-hybridized carbons (Fsp3) is 0.464. The van der Waals surface area contributed by atoms with E-state index in [1.165, 1.54) is 22.8 Å². The third-order valence-electron chi connectivity index (χ3n) is 7.61. The Labute approximate surface area is 228 Å². The van der Waals surface area contributed by atoms with Gasteiger partial charge in [-0.05, 0) is 54.4 Å². The van der Waals surface area contributed by atoms with Crippen molar-refractivity contribution in [3.63, 3.8) is 0 Å². The van der Waals surface area contributed by atoms with Gasteiger partial charge in [-0.15, -0.1) is 0 Å². The molecule has 0 bridgehead atoms. The summed E-state index contributed by atoms with van der Waals surface area (Å²) in [6.45, 7) is 11.4. The van der Waals surface area contributed by atoms with Crippen molar-refractivity contribution in [3.05, 3.63) is 81.4 Å². The molecule has 10 heteroatoms. The highest BCUT2D eigenvalue weighted by Crippen LogP contribution is 2.37. The quantitative estimate of drug-likeness (QED) is 0.306. The van der Waals surface area contributed by atoms with Gasteiger partial charge in [0.1, 0.15) is 17.8 Å². The van der Waals surface area contributed by atoms with Crippen LogP contribution in [-0.2, 0) is 9.16 Å². The third-order valence-corrected chi connectivity index (χ3v) is 12.4. The second kappa shape index (κ2) is 11.3. The first-order valence-electron chi connectivity index (χ1n) is 12.7. The summed E-state index contributed by atoms with van der Waals surface area (Å²) in [6, 6.07) is 8.94.